The molecule has 1 fully saturated rings. The Morgan fingerprint density at radius 3 is 2.79 bits per heavy atom. The Kier molecular flexibility index (Phi) is 2.22. The van der Waals surface area contributed by atoms with Gasteiger partial charge >= 0.3 is 0 Å². The molecule has 72 valence electrons. The zero-order chi connectivity index (χ0) is 10.1. The molecule has 0 saturated heterocycles. The minimum Gasteiger partial charge on any atom is -0.324 e. The molecule has 1 saturated carbocycles. The van der Waals surface area contributed by atoms with Crippen LogP contribution in [0.15, 0.2) is 18.2 Å². The molecule has 0 aromatic heterocycles. The van der Waals surface area contributed by atoms with E-state index in [4.69, 9.17) is 11.0 Å². The van der Waals surface area contributed by atoms with Crippen molar-refractivity contribution in [1.29, 1.82) is 5.26 Å². The van der Waals surface area contributed by atoms with Crippen molar-refractivity contribution in [1.82, 2.24) is 0 Å². The van der Waals surface area contributed by atoms with Gasteiger partial charge in [-0.25, -0.2) is 4.39 Å². The Hall–Kier alpha value is -1.40. The molecule has 0 heterocycles. The van der Waals surface area contributed by atoms with Crippen LogP contribution in [0.4, 0.5) is 4.39 Å². The van der Waals surface area contributed by atoms with E-state index in [0.717, 1.165) is 18.4 Å². The van der Waals surface area contributed by atoms with Crippen molar-refractivity contribution in [3.05, 3.63) is 35.1 Å². The Morgan fingerprint density at radius 2 is 2.21 bits per heavy atom. The van der Waals surface area contributed by atoms with E-state index >= 15 is 0 Å². The Labute approximate surface area is 82.1 Å². The van der Waals surface area contributed by atoms with Gasteiger partial charge in [0.05, 0.1) is 5.56 Å². The Bertz CT molecular complexity index is 391. The molecule has 2 nitrogen and oxygen atoms in total. The molecule has 0 radical (unpaired) electrons. The molecule has 14 heavy (non-hydrogen) atoms. The summed E-state index contributed by atoms with van der Waals surface area (Å²) in [5.41, 5.74) is 6.89. The first-order valence-electron chi connectivity index (χ1n) is 4.67. The van der Waals surface area contributed by atoms with Crippen molar-refractivity contribution in [2.75, 3.05) is 0 Å². The van der Waals surface area contributed by atoms with Crippen LogP contribution in [0.25, 0.3) is 0 Å². The quantitative estimate of drug-likeness (QED) is 0.776. The molecule has 0 spiro atoms. The van der Waals surface area contributed by atoms with E-state index in [1.807, 2.05) is 6.07 Å². The minimum atomic E-state index is -0.473. The SMILES string of the molecule is N#Cc1cc([C@H](N)C2CC2)ccc1F. The van der Waals surface area contributed by atoms with Gasteiger partial charge in [0.1, 0.15) is 11.9 Å². The van der Waals surface area contributed by atoms with Gasteiger partial charge in [-0.1, -0.05) is 6.07 Å². The monoisotopic (exact) mass is 190 g/mol. The maximum atomic E-state index is 13.0. The summed E-state index contributed by atoms with van der Waals surface area (Å²) >= 11 is 0. The molecule has 1 aliphatic rings. The molecule has 1 atom stereocenters. The fourth-order valence-electron chi connectivity index (χ4n) is 1.56. The third kappa shape index (κ3) is 1.61. The smallest absolute Gasteiger partial charge is 0.140 e. The van der Waals surface area contributed by atoms with E-state index in [-0.39, 0.29) is 11.6 Å². The lowest BCUT2D eigenvalue weighted by Crippen LogP contribution is -2.12. The third-order valence-corrected chi connectivity index (χ3v) is 2.63. The van der Waals surface area contributed by atoms with E-state index in [0.29, 0.717) is 5.92 Å². The van der Waals surface area contributed by atoms with Crippen molar-refractivity contribution in [2.24, 2.45) is 11.7 Å². The van der Waals surface area contributed by atoms with E-state index < -0.39 is 5.82 Å². The molecule has 2 N–H and O–H groups in total. The Morgan fingerprint density at radius 1 is 1.50 bits per heavy atom. The topological polar surface area (TPSA) is 49.8 Å². The van der Waals surface area contributed by atoms with Crippen LogP contribution >= 0.6 is 0 Å². The summed E-state index contributed by atoms with van der Waals surface area (Å²) in [4.78, 5) is 0. The molecular weight excluding hydrogens is 179 g/mol. The summed E-state index contributed by atoms with van der Waals surface area (Å²) in [7, 11) is 0. The van der Waals surface area contributed by atoms with Crippen molar-refractivity contribution in [2.45, 2.75) is 18.9 Å². The van der Waals surface area contributed by atoms with Gasteiger partial charge in [-0.15, -0.1) is 0 Å². The van der Waals surface area contributed by atoms with Crippen LogP contribution in [0, 0.1) is 23.1 Å². The molecule has 2 rings (SSSR count). The molecule has 1 aliphatic carbocycles. The highest BCUT2D eigenvalue weighted by Gasteiger charge is 2.29. The maximum Gasteiger partial charge on any atom is 0.140 e. The number of rotatable bonds is 2. The largest absolute Gasteiger partial charge is 0.324 e. The Balaban J connectivity index is 2.30. The van der Waals surface area contributed by atoms with E-state index in [9.17, 15) is 4.39 Å². The molecule has 1 aromatic rings. The zero-order valence-electron chi connectivity index (χ0n) is 7.70. The predicted molar refractivity (Wildman–Crippen MR) is 50.8 cm³/mol. The van der Waals surface area contributed by atoms with Crippen LogP contribution in [0.1, 0.15) is 30.0 Å². The average Bonchev–Trinajstić information content (AvgIpc) is 3.01. The van der Waals surface area contributed by atoms with Gasteiger partial charge in [0.2, 0.25) is 0 Å². The van der Waals surface area contributed by atoms with E-state index in [1.54, 1.807) is 12.1 Å². The lowest BCUT2D eigenvalue weighted by Gasteiger charge is -2.10. The lowest BCUT2D eigenvalue weighted by molar-refractivity contribution is 0.610. The summed E-state index contributed by atoms with van der Waals surface area (Å²) in [6.07, 6.45) is 2.28. The first-order valence-corrected chi connectivity index (χ1v) is 4.67. The second-order valence-electron chi connectivity index (χ2n) is 3.71. The number of benzene rings is 1. The number of nitrogens with zero attached hydrogens (tertiary/aromatic N) is 1. The first kappa shape index (κ1) is 9.17. The van der Waals surface area contributed by atoms with Crippen molar-refractivity contribution in [3.63, 3.8) is 0 Å². The van der Waals surface area contributed by atoms with Crippen molar-refractivity contribution in [3.8, 4) is 6.07 Å². The zero-order valence-corrected chi connectivity index (χ0v) is 7.70. The van der Waals surface area contributed by atoms with Crippen LogP contribution in [0.2, 0.25) is 0 Å². The molecule has 1 aromatic carbocycles. The van der Waals surface area contributed by atoms with Gasteiger partial charge in [0, 0.05) is 6.04 Å². The van der Waals surface area contributed by atoms with Crippen LogP contribution in [0.3, 0.4) is 0 Å². The van der Waals surface area contributed by atoms with Crippen LogP contribution in [-0.4, -0.2) is 0 Å². The second-order valence-corrected chi connectivity index (χ2v) is 3.71. The summed E-state index contributed by atoms with van der Waals surface area (Å²) in [5.74, 6) is 0.0475. The van der Waals surface area contributed by atoms with Crippen LogP contribution < -0.4 is 5.73 Å². The van der Waals surface area contributed by atoms with Crippen LogP contribution in [-0.2, 0) is 0 Å². The summed E-state index contributed by atoms with van der Waals surface area (Å²) in [6, 6.07) is 6.32. The number of hydrogen-bond donors (Lipinski definition) is 1. The third-order valence-electron chi connectivity index (χ3n) is 2.63. The second kappa shape index (κ2) is 3.39. The fourth-order valence-corrected chi connectivity index (χ4v) is 1.56. The maximum absolute atomic E-state index is 13.0. The highest BCUT2D eigenvalue weighted by molar-refractivity contribution is 5.36. The molecule has 0 aliphatic heterocycles. The van der Waals surface area contributed by atoms with Gasteiger partial charge < -0.3 is 5.73 Å². The van der Waals surface area contributed by atoms with E-state index in [1.165, 1.54) is 6.07 Å². The van der Waals surface area contributed by atoms with Gasteiger partial charge in [-0.2, -0.15) is 5.26 Å². The number of nitrogens with two attached hydrogens (primary N) is 1. The van der Waals surface area contributed by atoms with Gasteiger partial charge in [0.25, 0.3) is 0 Å². The molecule has 0 amide bonds. The normalized spacial score (nSPS) is 17.5. The lowest BCUT2D eigenvalue weighted by atomic mass is 10.0. The van der Waals surface area contributed by atoms with E-state index in [2.05, 4.69) is 0 Å². The van der Waals surface area contributed by atoms with Gasteiger partial charge in [-0.05, 0) is 36.5 Å². The molecule has 3 heteroatoms. The van der Waals surface area contributed by atoms with Crippen molar-refractivity contribution < 1.29 is 4.39 Å². The minimum absolute atomic E-state index is 0.0392. The summed E-state index contributed by atoms with van der Waals surface area (Å²) < 4.78 is 13.0. The predicted octanol–water partition coefficient (Wildman–Crippen LogP) is 2.11. The summed E-state index contributed by atoms with van der Waals surface area (Å²) in [6.45, 7) is 0. The van der Waals surface area contributed by atoms with Gasteiger partial charge in [-0.3, -0.25) is 0 Å². The number of nitriles is 1. The standard InChI is InChI=1S/C11H11FN2/c12-10-4-3-8(5-9(10)6-13)11(14)7-1-2-7/h3-5,7,11H,1-2,14H2/t11-/m1/s1. The summed E-state index contributed by atoms with van der Waals surface area (Å²) in [5, 5.41) is 8.65. The molecular formula is C11H11FN2. The molecule has 0 unspecified atom stereocenters. The first-order chi connectivity index (χ1) is 6.72. The van der Waals surface area contributed by atoms with Gasteiger partial charge in [0.15, 0.2) is 0 Å². The van der Waals surface area contributed by atoms with Crippen molar-refractivity contribution >= 4 is 0 Å². The molecule has 0 bridgehead atoms. The highest BCUT2D eigenvalue weighted by Crippen LogP contribution is 2.39. The highest BCUT2D eigenvalue weighted by atomic mass is 19.1. The number of halogens is 1. The fraction of sp³-hybridized carbons (Fsp3) is 0.364. The van der Waals surface area contributed by atoms with Crippen LogP contribution in [0.5, 0.6) is 0 Å². The number of hydrogen-bond acceptors (Lipinski definition) is 2. The average molecular weight is 190 g/mol.